The minimum atomic E-state index is -1.08. The van der Waals surface area contributed by atoms with Crippen LogP contribution in [0.5, 0.6) is 0 Å². The molecule has 0 aromatic carbocycles. The summed E-state index contributed by atoms with van der Waals surface area (Å²) in [6, 6.07) is 6.61. The minimum Gasteiger partial charge on any atom is -0.477 e. The van der Waals surface area contributed by atoms with E-state index in [0.29, 0.717) is 5.69 Å². The number of carboxylic acid groups (broad SMARTS) is 1. The Morgan fingerprint density at radius 1 is 1.69 bits per heavy atom. The quantitative estimate of drug-likeness (QED) is 0.739. The summed E-state index contributed by atoms with van der Waals surface area (Å²) >= 11 is 0. The number of hydrogen-bond acceptors (Lipinski definition) is 3. The maximum atomic E-state index is 10.5. The van der Waals surface area contributed by atoms with Gasteiger partial charge >= 0.3 is 5.97 Å². The summed E-state index contributed by atoms with van der Waals surface area (Å²) in [6.45, 7) is 1.67. The molecule has 66 valence electrons. The van der Waals surface area contributed by atoms with E-state index < -0.39 is 5.97 Å². The van der Waals surface area contributed by atoms with Crippen LogP contribution in [-0.2, 0) is 0 Å². The van der Waals surface area contributed by atoms with Gasteiger partial charge in [-0.25, -0.2) is 9.78 Å². The monoisotopic (exact) mass is 176 g/mol. The van der Waals surface area contributed by atoms with Crippen molar-refractivity contribution in [3.05, 3.63) is 29.6 Å². The first-order valence-electron chi connectivity index (χ1n) is 3.75. The van der Waals surface area contributed by atoms with E-state index in [1.54, 1.807) is 19.1 Å². The number of aromatic carboxylic acids is 1. The van der Waals surface area contributed by atoms with Crippen LogP contribution in [0.15, 0.2) is 18.2 Å². The highest BCUT2D eigenvalue weighted by Gasteiger charge is 2.09. The molecule has 0 saturated heterocycles. The molecule has 1 heterocycles. The molecule has 1 rings (SSSR count). The molecule has 1 aromatic rings. The van der Waals surface area contributed by atoms with Gasteiger partial charge in [-0.2, -0.15) is 5.26 Å². The summed E-state index contributed by atoms with van der Waals surface area (Å²) in [5, 5.41) is 17.2. The smallest absolute Gasteiger partial charge is 0.354 e. The van der Waals surface area contributed by atoms with Crippen molar-refractivity contribution < 1.29 is 9.90 Å². The van der Waals surface area contributed by atoms with E-state index in [1.807, 2.05) is 6.07 Å². The number of carbonyl (C=O) groups is 1. The molecule has 4 nitrogen and oxygen atoms in total. The number of pyridine rings is 1. The van der Waals surface area contributed by atoms with Gasteiger partial charge in [0.25, 0.3) is 0 Å². The Labute approximate surface area is 75.5 Å². The number of aromatic nitrogens is 1. The fourth-order valence-corrected chi connectivity index (χ4v) is 0.878. The molecule has 0 saturated carbocycles. The van der Waals surface area contributed by atoms with Gasteiger partial charge in [-0.3, -0.25) is 0 Å². The molecule has 1 aromatic heterocycles. The number of carboxylic acids is 1. The van der Waals surface area contributed by atoms with Crippen molar-refractivity contribution in [2.24, 2.45) is 0 Å². The average molecular weight is 176 g/mol. The summed E-state index contributed by atoms with van der Waals surface area (Å²) in [7, 11) is 0. The Hall–Kier alpha value is -1.89. The van der Waals surface area contributed by atoms with Crippen LogP contribution in [0.25, 0.3) is 0 Å². The Morgan fingerprint density at radius 2 is 2.38 bits per heavy atom. The lowest BCUT2D eigenvalue weighted by atomic mass is 10.1. The van der Waals surface area contributed by atoms with E-state index in [-0.39, 0.29) is 11.6 Å². The fourth-order valence-electron chi connectivity index (χ4n) is 0.878. The van der Waals surface area contributed by atoms with Gasteiger partial charge in [-0.05, 0) is 19.1 Å². The predicted octanol–water partition coefficient (Wildman–Crippen LogP) is 1.41. The molecule has 0 spiro atoms. The van der Waals surface area contributed by atoms with Crippen molar-refractivity contribution in [1.82, 2.24) is 4.98 Å². The third-order valence-corrected chi connectivity index (χ3v) is 1.63. The summed E-state index contributed by atoms with van der Waals surface area (Å²) in [5.74, 6) is -1.45. The van der Waals surface area contributed by atoms with Gasteiger partial charge in [-0.15, -0.1) is 0 Å². The normalized spacial score (nSPS) is 11.7. The number of nitrogens with zero attached hydrogens (tertiary/aromatic N) is 2. The highest BCUT2D eigenvalue weighted by molar-refractivity contribution is 5.85. The van der Waals surface area contributed by atoms with Crippen LogP contribution in [0, 0.1) is 11.3 Å². The molecule has 0 radical (unpaired) electrons. The van der Waals surface area contributed by atoms with Crippen molar-refractivity contribution in [3.63, 3.8) is 0 Å². The lowest BCUT2D eigenvalue weighted by Crippen LogP contribution is -2.03. The molecule has 0 aliphatic rings. The van der Waals surface area contributed by atoms with Gasteiger partial charge in [0.2, 0.25) is 0 Å². The Bertz CT molecular complexity index is 368. The van der Waals surface area contributed by atoms with Gasteiger partial charge in [0.1, 0.15) is 5.69 Å². The van der Waals surface area contributed by atoms with Gasteiger partial charge in [0.05, 0.1) is 17.7 Å². The zero-order valence-electron chi connectivity index (χ0n) is 7.06. The Balaban J connectivity index is 3.07. The van der Waals surface area contributed by atoms with E-state index in [4.69, 9.17) is 10.4 Å². The largest absolute Gasteiger partial charge is 0.477 e. The third-order valence-electron chi connectivity index (χ3n) is 1.63. The maximum absolute atomic E-state index is 10.5. The fraction of sp³-hybridized carbons (Fsp3) is 0.222. The topological polar surface area (TPSA) is 74.0 Å². The number of rotatable bonds is 2. The zero-order valence-corrected chi connectivity index (χ0v) is 7.06. The standard InChI is InChI=1S/C9H8N2O2/c1-6(5-10)7-3-2-4-8(11-7)9(12)13/h2-4,6H,1H3,(H,12,13). The molecule has 1 unspecified atom stereocenters. The van der Waals surface area contributed by atoms with Crippen molar-refractivity contribution in [3.8, 4) is 6.07 Å². The summed E-state index contributed by atoms with van der Waals surface area (Å²) in [6.07, 6.45) is 0. The molecule has 0 bridgehead atoms. The second-order valence-corrected chi connectivity index (χ2v) is 2.60. The highest BCUT2D eigenvalue weighted by Crippen LogP contribution is 2.11. The SMILES string of the molecule is CC(C#N)c1cccc(C(=O)O)n1. The summed E-state index contributed by atoms with van der Waals surface area (Å²) in [4.78, 5) is 14.3. The van der Waals surface area contributed by atoms with Crippen LogP contribution < -0.4 is 0 Å². The van der Waals surface area contributed by atoms with E-state index in [1.165, 1.54) is 6.07 Å². The van der Waals surface area contributed by atoms with Crippen LogP contribution in [0.4, 0.5) is 0 Å². The molecule has 1 atom stereocenters. The van der Waals surface area contributed by atoms with Gasteiger partial charge in [0, 0.05) is 0 Å². The first kappa shape index (κ1) is 9.20. The van der Waals surface area contributed by atoms with E-state index in [2.05, 4.69) is 4.98 Å². The van der Waals surface area contributed by atoms with Crippen LogP contribution >= 0.6 is 0 Å². The molecular formula is C9H8N2O2. The first-order chi connectivity index (χ1) is 6.15. The molecule has 0 aliphatic carbocycles. The van der Waals surface area contributed by atoms with E-state index in [9.17, 15) is 4.79 Å². The second kappa shape index (κ2) is 3.68. The lowest BCUT2D eigenvalue weighted by Gasteiger charge is -2.01. The molecule has 1 N–H and O–H groups in total. The zero-order chi connectivity index (χ0) is 9.84. The van der Waals surface area contributed by atoms with Crippen molar-refractivity contribution in [1.29, 1.82) is 5.26 Å². The van der Waals surface area contributed by atoms with Crippen molar-refractivity contribution in [2.75, 3.05) is 0 Å². The van der Waals surface area contributed by atoms with Crippen molar-refractivity contribution >= 4 is 5.97 Å². The van der Waals surface area contributed by atoms with E-state index in [0.717, 1.165) is 0 Å². The number of hydrogen-bond donors (Lipinski definition) is 1. The Morgan fingerprint density at radius 3 is 2.92 bits per heavy atom. The predicted molar refractivity (Wildman–Crippen MR) is 45.2 cm³/mol. The highest BCUT2D eigenvalue weighted by atomic mass is 16.4. The molecule has 0 fully saturated rings. The van der Waals surface area contributed by atoms with Crippen LogP contribution in [0.3, 0.4) is 0 Å². The first-order valence-corrected chi connectivity index (χ1v) is 3.75. The van der Waals surface area contributed by atoms with E-state index >= 15 is 0 Å². The van der Waals surface area contributed by atoms with Crippen molar-refractivity contribution in [2.45, 2.75) is 12.8 Å². The molecule has 0 amide bonds. The maximum Gasteiger partial charge on any atom is 0.354 e. The van der Waals surface area contributed by atoms with Gasteiger partial charge < -0.3 is 5.11 Å². The molecule has 4 heteroatoms. The molecular weight excluding hydrogens is 168 g/mol. The molecule has 0 aliphatic heterocycles. The lowest BCUT2D eigenvalue weighted by molar-refractivity contribution is 0.0690. The van der Waals surface area contributed by atoms with Gasteiger partial charge in [0.15, 0.2) is 0 Å². The number of nitriles is 1. The van der Waals surface area contributed by atoms with Crippen LogP contribution in [0.1, 0.15) is 29.0 Å². The average Bonchev–Trinajstić information content (AvgIpc) is 2.17. The second-order valence-electron chi connectivity index (χ2n) is 2.60. The molecule has 13 heavy (non-hydrogen) atoms. The van der Waals surface area contributed by atoms with Gasteiger partial charge in [-0.1, -0.05) is 6.07 Å². The van der Waals surface area contributed by atoms with Crippen LogP contribution in [-0.4, -0.2) is 16.1 Å². The third kappa shape index (κ3) is 2.03. The Kier molecular flexibility index (Phi) is 2.60. The van der Waals surface area contributed by atoms with Crippen LogP contribution in [0.2, 0.25) is 0 Å². The minimum absolute atomic E-state index is 0.0281. The summed E-state index contributed by atoms with van der Waals surface area (Å²) < 4.78 is 0. The summed E-state index contributed by atoms with van der Waals surface area (Å²) in [5.41, 5.74) is 0.460.